The predicted molar refractivity (Wildman–Crippen MR) is 154 cm³/mol. The zero-order chi connectivity index (χ0) is 30.6. The fourth-order valence-electron chi connectivity index (χ4n) is 6.63. The first-order valence-corrected chi connectivity index (χ1v) is 14.6. The molecule has 2 aromatic heterocycles. The zero-order valence-electron chi connectivity index (χ0n) is 24.3. The third kappa shape index (κ3) is 4.88. The molecule has 4 N–H and O–H groups in total. The first-order valence-electron chi connectivity index (χ1n) is 14.6. The summed E-state index contributed by atoms with van der Waals surface area (Å²) in [7, 11) is 0. The highest BCUT2D eigenvalue weighted by molar-refractivity contribution is 5.93. The summed E-state index contributed by atoms with van der Waals surface area (Å²) in [4.78, 5) is 55.7. The smallest absolute Gasteiger partial charge is 0.313 e. The lowest BCUT2D eigenvalue weighted by Crippen LogP contribution is -2.36. The molecule has 0 fully saturated rings. The lowest BCUT2D eigenvalue weighted by molar-refractivity contribution is -0.148. The van der Waals surface area contributed by atoms with Gasteiger partial charge in [-0.1, -0.05) is 6.92 Å². The number of pyridine rings is 2. The first-order chi connectivity index (χ1) is 20.6. The van der Waals surface area contributed by atoms with Gasteiger partial charge >= 0.3 is 5.97 Å². The minimum Gasteiger partial charge on any atom is -0.460 e. The highest BCUT2D eigenvalue weighted by Gasteiger charge is 2.37. The van der Waals surface area contributed by atoms with E-state index in [-0.39, 0.29) is 62.0 Å². The summed E-state index contributed by atoms with van der Waals surface area (Å²) in [5, 5.41) is 6.46. The molecule has 226 valence electrons. The van der Waals surface area contributed by atoms with Gasteiger partial charge in [-0.15, -0.1) is 0 Å². The number of rotatable bonds is 8. The van der Waals surface area contributed by atoms with E-state index >= 15 is 4.39 Å². The number of ether oxygens (including phenoxy) is 2. The van der Waals surface area contributed by atoms with Crippen molar-refractivity contribution in [2.24, 2.45) is 5.73 Å². The Hall–Kier alpha value is -4.16. The van der Waals surface area contributed by atoms with Crippen LogP contribution in [0.15, 0.2) is 16.9 Å². The van der Waals surface area contributed by atoms with Crippen molar-refractivity contribution in [1.29, 1.82) is 0 Å². The number of hydrogen-bond donors (Lipinski definition) is 3. The van der Waals surface area contributed by atoms with E-state index in [1.165, 1.54) is 6.07 Å². The van der Waals surface area contributed by atoms with Gasteiger partial charge in [0.15, 0.2) is 0 Å². The number of amides is 2. The maximum atomic E-state index is 15.1. The van der Waals surface area contributed by atoms with E-state index in [9.17, 15) is 19.2 Å². The van der Waals surface area contributed by atoms with Crippen molar-refractivity contribution in [1.82, 2.24) is 20.2 Å². The normalized spacial score (nSPS) is 18.9. The van der Waals surface area contributed by atoms with E-state index in [4.69, 9.17) is 20.2 Å². The fourth-order valence-corrected chi connectivity index (χ4v) is 6.63. The monoisotopic (exact) mass is 591 g/mol. The van der Waals surface area contributed by atoms with E-state index in [2.05, 4.69) is 10.6 Å². The van der Waals surface area contributed by atoms with Crippen LogP contribution in [0.4, 0.5) is 4.39 Å². The van der Waals surface area contributed by atoms with Crippen molar-refractivity contribution >= 4 is 28.7 Å². The van der Waals surface area contributed by atoms with Crippen molar-refractivity contribution in [3.63, 3.8) is 0 Å². The van der Waals surface area contributed by atoms with E-state index in [0.717, 1.165) is 22.1 Å². The second kappa shape index (κ2) is 11.2. The van der Waals surface area contributed by atoms with Crippen LogP contribution < -0.4 is 21.9 Å². The van der Waals surface area contributed by atoms with Gasteiger partial charge in [0.05, 0.1) is 60.0 Å². The summed E-state index contributed by atoms with van der Waals surface area (Å²) in [5.41, 5.74) is 10.8. The molecular formula is C31H34FN5O6. The molecule has 0 saturated carbocycles. The maximum absolute atomic E-state index is 15.1. The minimum atomic E-state index is -0.545. The molecule has 0 bridgehead atoms. The number of carbonyl (C=O) groups is 3. The number of benzene rings is 1. The topological polar surface area (TPSA) is 155 Å². The van der Waals surface area contributed by atoms with Crippen LogP contribution in [0.2, 0.25) is 0 Å². The van der Waals surface area contributed by atoms with Crippen molar-refractivity contribution in [2.45, 2.75) is 77.7 Å². The summed E-state index contributed by atoms with van der Waals surface area (Å²) in [6.07, 6.45) is 1.16. The predicted octanol–water partition coefficient (Wildman–Crippen LogP) is 2.35. The van der Waals surface area contributed by atoms with E-state index in [1.54, 1.807) is 18.4 Å². The molecule has 0 unspecified atom stereocenters. The van der Waals surface area contributed by atoms with Crippen molar-refractivity contribution in [3.05, 3.63) is 61.7 Å². The number of hydrogen-bond acceptors (Lipinski definition) is 8. The molecule has 12 heteroatoms. The summed E-state index contributed by atoms with van der Waals surface area (Å²) in [6.45, 7) is 5.31. The molecule has 3 atom stereocenters. The van der Waals surface area contributed by atoms with Gasteiger partial charge in [0.25, 0.3) is 5.56 Å². The lowest BCUT2D eigenvalue weighted by atomic mass is 9.81. The number of cyclic esters (lactones) is 1. The molecule has 0 radical (unpaired) electrons. The number of esters is 1. The number of carbonyl (C=O) groups excluding carboxylic acids is 3. The maximum Gasteiger partial charge on any atom is 0.313 e. The molecular weight excluding hydrogens is 557 g/mol. The molecule has 1 aliphatic carbocycles. The number of aromatic nitrogens is 2. The molecule has 3 aromatic rings. The van der Waals surface area contributed by atoms with Gasteiger partial charge in [0.2, 0.25) is 11.8 Å². The molecule has 0 saturated heterocycles. The number of nitrogens with zero attached hydrogens (tertiary/aromatic N) is 2. The molecule has 11 nitrogen and oxygen atoms in total. The average molecular weight is 592 g/mol. The molecule has 43 heavy (non-hydrogen) atoms. The Morgan fingerprint density at radius 3 is 2.77 bits per heavy atom. The Morgan fingerprint density at radius 2 is 2.02 bits per heavy atom. The summed E-state index contributed by atoms with van der Waals surface area (Å²) in [5.74, 6) is -1.86. The van der Waals surface area contributed by atoms with Gasteiger partial charge < -0.3 is 30.4 Å². The van der Waals surface area contributed by atoms with Crippen LogP contribution in [-0.4, -0.2) is 46.7 Å². The Labute approximate surface area is 246 Å². The summed E-state index contributed by atoms with van der Waals surface area (Å²) >= 11 is 0. The third-order valence-corrected chi connectivity index (χ3v) is 8.83. The molecule has 6 rings (SSSR count). The van der Waals surface area contributed by atoms with Crippen LogP contribution in [0, 0.1) is 12.7 Å². The van der Waals surface area contributed by atoms with Crippen molar-refractivity contribution < 1.29 is 28.2 Å². The standard InChI is InChI=1S/C31H34FN5O6/c1-4-16-18-8-24-29-19(11-37(24)30(40)20(18)12-42-31(16)41)28-22(35-25(38)7-14(2)43-13-34-26(39)10-33)6-5-17-15(3)21(32)9-23(36-29)27(17)28/h8-9,14,16,22H,4-7,10-13,33H2,1-3H3,(H,34,39)(H,35,38)/t14-,16-,22+/m1/s1. The molecule has 4 heterocycles. The van der Waals surface area contributed by atoms with Crippen LogP contribution in [0.3, 0.4) is 0 Å². The Kier molecular flexibility index (Phi) is 7.51. The number of fused-ring (bicyclic) bond motifs is 5. The van der Waals surface area contributed by atoms with E-state index < -0.39 is 18.1 Å². The Bertz CT molecular complexity index is 1750. The fraction of sp³-hybridized carbons (Fsp3) is 0.452. The summed E-state index contributed by atoms with van der Waals surface area (Å²) < 4.78 is 27.6. The second-order valence-corrected chi connectivity index (χ2v) is 11.4. The highest BCUT2D eigenvalue weighted by Crippen LogP contribution is 2.45. The van der Waals surface area contributed by atoms with Crippen molar-refractivity contribution in [2.75, 3.05) is 13.3 Å². The van der Waals surface area contributed by atoms with Crippen LogP contribution >= 0.6 is 0 Å². The van der Waals surface area contributed by atoms with Crippen LogP contribution in [0.5, 0.6) is 0 Å². The van der Waals surface area contributed by atoms with Gasteiger partial charge in [0, 0.05) is 17.0 Å². The molecule has 2 amide bonds. The van der Waals surface area contributed by atoms with Gasteiger partial charge in [-0.25, -0.2) is 9.37 Å². The van der Waals surface area contributed by atoms with Gasteiger partial charge in [-0.2, -0.15) is 0 Å². The number of nitrogens with one attached hydrogen (secondary N) is 2. The number of halogens is 1. The highest BCUT2D eigenvalue weighted by atomic mass is 19.1. The lowest BCUT2D eigenvalue weighted by Gasteiger charge is -2.30. The van der Waals surface area contributed by atoms with Crippen LogP contribution in [0.1, 0.15) is 78.5 Å². The van der Waals surface area contributed by atoms with Gasteiger partial charge in [0.1, 0.15) is 19.2 Å². The SMILES string of the molecule is CC[C@H]1C(=O)OCc2c1cc1n(c2=O)Cc2c-1nc1cc(F)c(C)c3c1c2[C@@H](NC(=O)C[C@@H](C)OCNC(=O)CN)CC3. The number of aryl methyl sites for hydroxylation is 1. The summed E-state index contributed by atoms with van der Waals surface area (Å²) in [6, 6.07) is 2.87. The van der Waals surface area contributed by atoms with Gasteiger partial charge in [-0.3, -0.25) is 19.2 Å². The van der Waals surface area contributed by atoms with Crippen LogP contribution in [0.25, 0.3) is 22.3 Å². The van der Waals surface area contributed by atoms with E-state index in [0.29, 0.717) is 52.9 Å². The quantitative estimate of drug-likeness (QED) is 0.208. The first kappa shape index (κ1) is 28.9. The number of nitrogens with two attached hydrogens (primary N) is 1. The van der Waals surface area contributed by atoms with Crippen LogP contribution in [-0.2, 0) is 43.4 Å². The average Bonchev–Trinajstić information content (AvgIpc) is 3.34. The molecule has 2 aliphatic heterocycles. The Morgan fingerprint density at radius 1 is 1.23 bits per heavy atom. The minimum absolute atomic E-state index is 0.0551. The second-order valence-electron chi connectivity index (χ2n) is 11.4. The van der Waals surface area contributed by atoms with Gasteiger partial charge in [-0.05, 0) is 61.4 Å². The third-order valence-electron chi connectivity index (χ3n) is 8.83. The molecule has 3 aliphatic rings. The molecule has 1 aromatic carbocycles. The molecule has 0 spiro atoms. The van der Waals surface area contributed by atoms with E-state index in [1.807, 2.05) is 13.0 Å². The zero-order valence-corrected chi connectivity index (χ0v) is 24.3. The largest absolute Gasteiger partial charge is 0.460 e. The van der Waals surface area contributed by atoms with Crippen molar-refractivity contribution in [3.8, 4) is 11.4 Å². The Balaban J connectivity index is 1.40.